The number of aromatic nitrogens is 2. The first-order valence-corrected chi connectivity index (χ1v) is 4.88. The van der Waals surface area contributed by atoms with E-state index < -0.39 is 0 Å². The van der Waals surface area contributed by atoms with Gasteiger partial charge in [0, 0.05) is 19.3 Å². The second kappa shape index (κ2) is 3.14. The highest BCUT2D eigenvalue weighted by Crippen LogP contribution is 2.41. The van der Waals surface area contributed by atoms with Crippen molar-refractivity contribution in [2.24, 2.45) is 13.0 Å². The summed E-state index contributed by atoms with van der Waals surface area (Å²) in [5.41, 5.74) is 1.39. The van der Waals surface area contributed by atoms with Crippen molar-refractivity contribution in [2.45, 2.75) is 25.3 Å². The second-order valence-corrected chi connectivity index (χ2v) is 4.04. The van der Waals surface area contributed by atoms with E-state index in [9.17, 15) is 0 Å². The Morgan fingerprint density at radius 1 is 1.62 bits per heavy atom. The highest BCUT2D eigenvalue weighted by molar-refractivity contribution is 5.18. The van der Waals surface area contributed by atoms with Crippen molar-refractivity contribution < 1.29 is 0 Å². The number of hydrogen-bond acceptors (Lipinski definition) is 2. The van der Waals surface area contributed by atoms with Crippen LogP contribution in [0, 0.1) is 5.92 Å². The molecule has 3 unspecified atom stereocenters. The number of nitrogens with zero attached hydrogens (tertiary/aromatic N) is 2. The van der Waals surface area contributed by atoms with Crippen molar-refractivity contribution in [3.63, 3.8) is 0 Å². The minimum Gasteiger partial charge on any atom is -0.317 e. The topological polar surface area (TPSA) is 29.9 Å². The summed E-state index contributed by atoms with van der Waals surface area (Å²) in [7, 11) is 4.02. The smallest absolute Gasteiger partial charge is 0.0524 e. The molecule has 1 saturated carbocycles. The predicted molar refractivity (Wildman–Crippen MR) is 52.6 cm³/mol. The summed E-state index contributed by atoms with van der Waals surface area (Å²) < 4.78 is 1.88. The Bertz CT molecular complexity index is 292. The van der Waals surface area contributed by atoms with Crippen LogP contribution in [0.5, 0.6) is 0 Å². The molecule has 0 bridgehead atoms. The maximum absolute atomic E-state index is 4.20. The lowest BCUT2D eigenvalue weighted by Crippen LogP contribution is -2.46. The first kappa shape index (κ1) is 8.75. The van der Waals surface area contributed by atoms with E-state index in [1.807, 2.05) is 25.0 Å². The number of hydrogen-bond donors (Lipinski definition) is 1. The summed E-state index contributed by atoms with van der Waals surface area (Å²) in [6.45, 7) is 2.31. The van der Waals surface area contributed by atoms with Crippen LogP contribution in [0.25, 0.3) is 0 Å². The first-order chi connectivity index (χ1) is 6.22. The van der Waals surface area contributed by atoms with Gasteiger partial charge in [-0.05, 0) is 30.9 Å². The van der Waals surface area contributed by atoms with E-state index >= 15 is 0 Å². The Kier molecular flexibility index (Phi) is 2.12. The molecule has 1 aromatic heterocycles. The van der Waals surface area contributed by atoms with E-state index in [0.717, 1.165) is 5.92 Å². The van der Waals surface area contributed by atoms with Gasteiger partial charge >= 0.3 is 0 Å². The van der Waals surface area contributed by atoms with Gasteiger partial charge < -0.3 is 5.32 Å². The van der Waals surface area contributed by atoms with Gasteiger partial charge in [0.05, 0.1) is 6.20 Å². The standard InChI is InChI=1S/C10H17N3/c1-7-9(4-10(7)11-2)8-5-12-13(3)6-8/h5-7,9-11H,4H2,1-3H3. The molecule has 0 amide bonds. The largest absolute Gasteiger partial charge is 0.317 e. The lowest BCUT2D eigenvalue weighted by molar-refractivity contribution is 0.194. The van der Waals surface area contributed by atoms with Crippen LogP contribution in [-0.2, 0) is 7.05 Å². The maximum Gasteiger partial charge on any atom is 0.0524 e. The quantitative estimate of drug-likeness (QED) is 0.737. The second-order valence-electron chi connectivity index (χ2n) is 4.04. The third-order valence-corrected chi connectivity index (χ3v) is 3.30. The van der Waals surface area contributed by atoms with E-state index in [4.69, 9.17) is 0 Å². The molecule has 2 rings (SSSR count). The maximum atomic E-state index is 4.20. The Balaban J connectivity index is 2.05. The minimum atomic E-state index is 0.699. The number of aryl methyl sites for hydroxylation is 1. The van der Waals surface area contributed by atoms with Crippen molar-refractivity contribution in [1.82, 2.24) is 15.1 Å². The van der Waals surface area contributed by atoms with Gasteiger partial charge in [-0.25, -0.2) is 0 Å². The van der Waals surface area contributed by atoms with Gasteiger partial charge in [0.1, 0.15) is 0 Å². The Hall–Kier alpha value is -0.830. The first-order valence-electron chi connectivity index (χ1n) is 4.88. The molecule has 0 radical (unpaired) electrons. The fourth-order valence-electron chi connectivity index (χ4n) is 2.24. The molecule has 1 aliphatic carbocycles. The van der Waals surface area contributed by atoms with Gasteiger partial charge in [0.2, 0.25) is 0 Å². The molecule has 1 fully saturated rings. The van der Waals surface area contributed by atoms with Crippen molar-refractivity contribution >= 4 is 0 Å². The Morgan fingerprint density at radius 3 is 2.85 bits per heavy atom. The van der Waals surface area contributed by atoms with Crippen LogP contribution in [0.1, 0.15) is 24.8 Å². The Labute approximate surface area is 79.1 Å². The van der Waals surface area contributed by atoms with E-state index in [1.165, 1.54) is 12.0 Å². The van der Waals surface area contributed by atoms with Crippen LogP contribution in [0.2, 0.25) is 0 Å². The molecule has 1 N–H and O–H groups in total. The SMILES string of the molecule is CNC1CC(c2cnn(C)c2)C1C. The Morgan fingerprint density at radius 2 is 2.38 bits per heavy atom. The van der Waals surface area contributed by atoms with E-state index in [-0.39, 0.29) is 0 Å². The van der Waals surface area contributed by atoms with Crippen LogP contribution < -0.4 is 5.32 Å². The summed E-state index contributed by atoms with van der Waals surface area (Å²) >= 11 is 0. The normalized spacial score (nSPS) is 33.0. The van der Waals surface area contributed by atoms with Crippen molar-refractivity contribution in [1.29, 1.82) is 0 Å². The fourth-order valence-corrected chi connectivity index (χ4v) is 2.24. The van der Waals surface area contributed by atoms with Gasteiger partial charge in [-0.3, -0.25) is 4.68 Å². The zero-order chi connectivity index (χ0) is 9.42. The van der Waals surface area contributed by atoms with Gasteiger partial charge in [0.25, 0.3) is 0 Å². The average Bonchev–Trinajstić information content (AvgIpc) is 2.50. The summed E-state index contributed by atoms with van der Waals surface area (Å²) in [5, 5.41) is 7.53. The van der Waals surface area contributed by atoms with Crippen molar-refractivity contribution in [2.75, 3.05) is 7.05 Å². The molecule has 3 atom stereocenters. The van der Waals surface area contributed by atoms with Crippen molar-refractivity contribution in [3.05, 3.63) is 18.0 Å². The van der Waals surface area contributed by atoms with Crippen LogP contribution in [0.4, 0.5) is 0 Å². The fraction of sp³-hybridized carbons (Fsp3) is 0.700. The molecule has 1 aromatic rings. The molecular formula is C10H17N3. The highest BCUT2D eigenvalue weighted by atomic mass is 15.2. The summed E-state index contributed by atoms with van der Waals surface area (Å²) in [4.78, 5) is 0. The molecule has 3 heteroatoms. The van der Waals surface area contributed by atoms with Crippen LogP contribution in [0.3, 0.4) is 0 Å². The minimum absolute atomic E-state index is 0.699. The number of nitrogens with one attached hydrogen (secondary N) is 1. The molecule has 3 nitrogen and oxygen atoms in total. The average molecular weight is 179 g/mol. The lowest BCUT2D eigenvalue weighted by Gasteiger charge is -2.42. The van der Waals surface area contributed by atoms with Crippen molar-refractivity contribution in [3.8, 4) is 0 Å². The molecule has 0 saturated heterocycles. The van der Waals surface area contributed by atoms with E-state index in [1.54, 1.807) is 0 Å². The third-order valence-electron chi connectivity index (χ3n) is 3.30. The highest BCUT2D eigenvalue weighted by Gasteiger charge is 2.37. The van der Waals surface area contributed by atoms with Gasteiger partial charge in [0.15, 0.2) is 0 Å². The van der Waals surface area contributed by atoms with Gasteiger partial charge in [-0.2, -0.15) is 5.10 Å². The molecule has 0 aromatic carbocycles. The molecule has 72 valence electrons. The molecule has 1 aliphatic rings. The molecule has 1 heterocycles. The van der Waals surface area contributed by atoms with E-state index in [2.05, 4.69) is 23.5 Å². The molecule has 13 heavy (non-hydrogen) atoms. The summed E-state index contributed by atoms with van der Waals surface area (Å²) in [6.07, 6.45) is 5.38. The predicted octanol–water partition coefficient (Wildman–Crippen LogP) is 1.13. The summed E-state index contributed by atoms with van der Waals surface area (Å²) in [6, 6.07) is 0.699. The van der Waals surface area contributed by atoms with Crippen LogP contribution in [0.15, 0.2) is 12.4 Å². The third kappa shape index (κ3) is 1.37. The van der Waals surface area contributed by atoms with Crippen LogP contribution in [-0.4, -0.2) is 22.9 Å². The van der Waals surface area contributed by atoms with Crippen LogP contribution >= 0.6 is 0 Å². The summed E-state index contributed by atoms with van der Waals surface area (Å²) in [5.74, 6) is 1.46. The molecular weight excluding hydrogens is 162 g/mol. The van der Waals surface area contributed by atoms with E-state index in [0.29, 0.717) is 12.0 Å². The zero-order valence-electron chi connectivity index (χ0n) is 8.49. The zero-order valence-corrected chi connectivity index (χ0v) is 8.49. The van der Waals surface area contributed by atoms with Gasteiger partial charge in [-0.15, -0.1) is 0 Å². The monoisotopic (exact) mass is 179 g/mol. The molecule has 0 spiro atoms. The number of rotatable bonds is 2. The lowest BCUT2D eigenvalue weighted by atomic mass is 9.68. The van der Waals surface area contributed by atoms with Gasteiger partial charge in [-0.1, -0.05) is 6.92 Å². The molecule has 0 aliphatic heterocycles.